The van der Waals surface area contributed by atoms with Crippen molar-refractivity contribution >= 4 is 21.6 Å². The number of benzene rings is 1. The fourth-order valence-corrected chi connectivity index (χ4v) is 1.81. The molecular weight excluding hydrogens is 329 g/mol. The topological polar surface area (TPSA) is 76.3 Å². The summed E-state index contributed by atoms with van der Waals surface area (Å²) in [5, 5.41) is 29.0. The highest BCUT2D eigenvalue weighted by Crippen LogP contribution is 2.36. The first-order valence-electron chi connectivity index (χ1n) is 5.13. The Labute approximate surface area is 115 Å². The van der Waals surface area contributed by atoms with Gasteiger partial charge in [0.25, 0.3) is 0 Å². The van der Waals surface area contributed by atoms with Crippen molar-refractivity contribution in [2.45, 2.75) is 12.3 Å². The average Bonchev–Trinajstić information content (AvgIpc) is 2.34. The zero-order chi connectivity index (χ0) is 14.6. The van der Waals surface area contributed by atoms with Crippen LogP contribution in [0.15, 0.2) is 16.6 Å². The first kappa shape index (κ1) is 15.8. The number of nitriles is 1. The number of rotatable bonds is 4. The van der Waals surface area contributed by atoms with E-state index in [1.165, 1.54) is 6.07 Å². The van der Waals surface area contributed by atoms with Crippen LogP contribution in [0, 0.1) is 11.3 Å². The van der Waals surface area contributed by atoms with E-state index in [1.807, 2.05) is 0 Å². The van der Waals surface area contributed by atoms with Gasteiger partial charge in [-0.3, -0.25) is 0 Å². The van der Waals surface area contributed by atoms with Crippen LogP contribution in [0.5, 0.6) is 0 Å². The summed E-state index contributed by atoms with van der Waals surface area (Å²) in [5.74, 6) is 0. The summed E-state index contributed by atoms with van der Waals surface area (Å²) in [6.07, 6.45) is -5.73. The molecule has 0 saturated carbocycles. The summed E-state index contributed by atoms with van der Waals surface area (Å²) in [6.45, 7) is -0.620. The highest BCUT2D eigenvalue weighted by Gasteiger charge is 2.34. The van der Waals surface area contributed by atoms with Crippen molar-refractivity contribution in [3.63, 3.8) is 0 Å². The van der Waals surface area contributed by atoms with E-state index in [9.17, 15) is 13.2 Å². The fraction of sp³-hybridized carbons (Fsp3) is 0.364. The molecule has 0 radical (unpaired) electrons. The Morgan fingerprint density at radius 3 is 2.53 bits per heavy atom. The molecule has 1 aromatic carbocycles. The quantitative estimate of drug-likeness (QED) is 0.785. The third-order valence-electron chi connectivity index (χ3n) is 2.27. The molecule has 0 spiro atoms. The maximum atomic E-state index is 12.7. The number of nitrogens with one attached hydrogen (secondary N) is 1. The van der Waals surface area contributed by atoms with E-state index < -0.39 is 30.0 Å². The van der Waals surface area contributed by atoms with Crippen molar-refractivity contribution in [1.82, 2.24) is 0 Å². The monoisotopic (exact) mass is 338 g/mol. The molecule has 104 valence electrons. The summed E-state index contributed by atoms with van der Waals surface area (Å²) in [5.41, 5.74) is -1.47. The van der Waals surface area contributed by atoms with Crippen molar-refractivity contribution in [2.24, 2.45) is 0 Å². The van der Waals surface area contributed by atoms with Crippen LogP contribution < -0.4 is 5.32 Å². The molecule has 0 amide bonds. The van der Waals surface area contributed by atoms with Gasteiger partial charge in [-0.2, -0.15) is 18.4 Å². The van der Waals surface area contributed by atoms with E-state index in [-0.39, 0.29) is 16.7 Å². The number of anilines is 1. The molecule has 0 aliphatic carbocycles. The Balaban J connectivity index is 3.11. The van der Waals surface area contributed by atoms with Crippen molar-refractivity contribution in [2.75, 3.05) is 18.5 Å². The summed E-state index contributed by atoms with van der Waals surface area (Å²) >= 11 is 3.04. The van der Waals surface area contributed by atoms with E-state index >= 15 is 0 Å². The smallest absolute Gasteiger partial charge is 0.394 e. The van der Waals surface area contributed by atoms with Crippen LogP contribution in [0.2, 0.25) is 0 Å². The second-order valence-corrected chi connectivity index (χ2v) is 4.56. The van der Waals surface area contributed by atoms with Crippen LogP contribution in [0.4, 0.5) is 18.9 Å². The molecule has 0 bridgehead atoms. The molecule has 8 heteroatoms. The number of alkyl halides is 3. The summed E-state index contributed by atoms with van der Waals surface area (Å²) in [4.78, 5) is 0. The van der Waals surface area contributed by atoms with Crippen LogP contribution in [0.3, 0.4) is 0 Å². The van der Waals surface area contributed by atoms with Gasteiger partial charge in [0.1, 0.15) is 0 Å². The Morgan fingerprint density at radius 1 is 1.42 bits per heavy atom. The minimum absolute atomic E-state index is 0.0822. The summed E-state index contributed by atoms with van der Waals surface area (Å²) in [7, 11) is 0. The highest BCUT2D eigenvalue weighted by molar-refractivity contribution is 9.10. The Hall–Kier alpha value is -1.30. The SMILES string of the molecule is N#Cc1cc(Br)c(NCC(O)CO)cc1C(F)(F)F. The van der Waals surface area contributed by atoms with Gasteiger partial charge < -0.3 is 15.5 Å². The normalized spacial score (nSPS) is 12.9. The average molecular weight is 339 g/mol. The van der Waals surface area contributed by atoms with Gasteiger partial charge in [0.05, 0.1) is 29.9 Å². The highest BCUT2D eigenvalue weighted by atomic mass is 79.9. The standard InChI is InChI=1S/C11H10BrF3N2O2/c12-9-1-6(3-16)8(11(13,14)15)2-10(9)17-4-7(19)5-18/h1-2,7,17-19H,4-5H2. The van der Waals surface area contributed by atoms with Gasteiger partial charge in [0.2, 0.25) is 0 Å². The molecular formula is C11H10BrF3N2O2. The van der Waals surface area contributed by atoms with E-state index in [0.717, 1.165) is 12.1 Å². The van der Waals surface area contributed by atoms with Gasteiger partial charge in [-0.15, -0.1) is 0 Å². The molecule has 0 saturated heterocycles. The molecule has 0 fully saturated rings. The molecule has 1 unspecified atom stereocenters. The minimum Gasteiger partial charge on any atom is -0.394 e. The Morgan fingerprint density at radius 2 is 2.05 bits per heavy atom. The lowest BCUT2D eigenvalue weighted by Crippen LogP contribution is -2.23. The second kappa shape index (κ2) is 6.23. The molecule has 0 heterocycles. The minimum atomic E-state index is -4.64. The van der Waals surface area contributed by atoms with E-state index in [1.54, 1.807) is 0 Å². The lowest BCUT2D eigenvalue weighted by molar-refractivity contribution is -0.137. The van der Waals surface area contributed by atoms with Gasteiger partial charge in [-0.25, -0.2) is 0 Å². The number of aliphatic hydroxyl groups is 2. The third kappa shape index (κ3) is 4.09. The first-order valence-corrected chi connectivity index (χ1v) is 5.92. The van der Waals surface area contributed by atoms with Crippen molar-refractivity contribution in [3.05, 3.63) is 27.7 Å². The van der Waals surface area contributed by atoms with Gasteiger partial charge in [0.15, 0.2) is 0 Å². The predicted octanol–water partition coefficient (Wildman–Crippen LogP) is 2.10. The van der Waals surface area contributed by atoms with Crippen LogP contribution in [-0.4, -0.2) is 29.5 Å². The zero-order valence-corrected chi connectivity index (χ0v) is 11.1. The van der Waals surface area contributed by atoms with Crippen molar-refractivity contribution < 1.29 is 23.4 Å². The lowest BCUT2D eigenvalue weighted by Gasteiger charge is -2.15. The molecule has 1 rings (SSSR count). The largest absolute Gasteiger partial charge is 0.417 e. The molecule has 4 nitrogen and oxygen atoms in total. The molecule has 1 aromatic rings. The van der Waals surface area contributed by atoms with Crippen LogP contribution in [0.25, 0.3) is 0 Å². The van der Waals surface area contributed by atoms with E-state index in [4.69, 9.17) is 15.5 Å². The van der Waals surface area contributed by atoms with Gasteiger partial charge >= 0.3 is 6.18 Å². The lowest BCUT2D eigenvalue weighted by atomic mass is 10.1. The Bertz CT molecular complexity index is 500. The third-order valence-corrected chi connectivity index (χ3v) is 2.93. The Kier molecular flexibility index (Phi) is 5.17. The predicted molar refractivity (Wildman–Crippen MR) is 65.4 cm³/mol. The van der Waals surface area contributed by atoms with E-state index in [2.05, 4.69) is 21.2 Å². The van der Waals surface area contributed by atoms with Crippen LogP contribution in [0.1, 0.15) is 11.1 Å². The summed E-state index contributed by atoms with van der Waals surface area (Å²) < 4.78 is 38.5. The number of aliphatic hydroxyl groups excluding tert-OH is 2. The molecule has 0 aromatic heterocycles. The summed E-state index contributed by atoms with van der Waals surface area (Å²) in [6, 6.07) is 3.32. The second-order valence-electron chi connectivity index (χ2n) is 3.70. The number of hydrogen-bond donors (Lipinski definition) is 3. The molecule has 0 aliphatic heterocycles. The van der Waals surface area contributed by atoms with Gasteiger partial charge in [0, 0.05) is 16.7 Å². The number of nitrogens with zero attached hydrogens (tertiary/aromatic N) is 1. The van der Waals surface area contributed by atoms with Gasteiger partial charge in [-0.05, 0) is 28.1 Å². The number of hydrogen-bond acceptors (Lipinski definition) is 4. The fourth-order valence-electron chi connectivity index (χ4n) is 1.33. The molecule has 19 heavy (non-hydrogen) atoms. The molecule has 3 N–H and O–H groups in total. The van der Waals surface area contributed by atoms with E-state index in [0.29, 0.717) is 0 Å². The van der Waals surface area contributed by atoms with Crippen LogP contribution >= 0.6 is 15.9 Å². The molecule has 0 aliphatic rings. The maximum Gasteiger partial charge on any atom is 0.417 e. The van der Waals surface area contributed by atoms with Crippen molar-refractivity contribution in [3.8, 4) is 6.07 Å². The zero-order valence-electron chi connectivity index (χ0n) is 9.50. The maximum absolute atomic E-state index is 12.7. The van der Waals surface area contributed by atoms with Crippen molar-refractivity contribution in [1.29, 1.82) is 5.26 Å². The van der Waals surface area contributed by atoms with Crippen LogP contribution in [-0.2, 0) is 6.18 Å². The molecule has 1 atom stereocenters. The first-order chi connectivity index (χ1) is 8.79. The number of halogens is 4. The van der Waals surface area contributed by atoms with Gasteiger partial charge in [-0.1, -0.05) is 0 Å².